The largest absolute Gasteiger partial charge is 0.445 e. The fraction of sp³-hybridized carbons (Fsp3) is 0.700. The summed E-state index contributed by atoms with van der Waals surface area (Å²) in [6, 6.07) is -0.408. The van der Waals surface area contributed by atoms with Crippen molar-refractivity contribution in [3.63, 3.8) is 0 Å². The summed E-state index contributed by atoms with van der Waals surface area (Å²) in [5.41, 5.74) is 0. The number of hydrogen-bond acceptors (Lipinski definition) is 3. The van der Waals surface area contributed by atoms with Crippen LogP contribution in [-0.4, -0.2) is 45.7 Å². The van der Waals surface area contributed by atoms with Crippen molar-refractivity contribution in [2.75, 3.05) is 19.8 Å². The first-order valence-corrected chi connectivity index (χ1v) is 6.03. The minimum Gasteiger partial charge on any atom is -0.445 e. The van der Waals surface area contributed by atoms with Gasteiger partial charge in [0.1, 0.15) is 6.61 Å². The highest BCUT2D eigenvalue weighted by Gasteiger charge is 2.27. The molecule has 0 spiro atoms. The molecule has 0 unspecified atom stereocenters. The molecule has 1 amide bonds. The van der Waals surface area contributed by atoms with Crippen molar-refractivity contribution in [3.05, 3.63) is 0 Å². The van der Waals surface area contributed by atoms with E-state index in [2.05, 4.69) is 5.92 Å². The molecule has 0 saturated carbocycles. The van der Waals surface area contributed by atoms with Crippen LogP contribution in [0.25, 0.3) is 0 Å². The molecular formula is C10H14Cl3NO3. The molecule has 0 heterocycles. The number of halogens is 3. The number of hydrogen-bond donors (Lipinski definition) is 1. The third-order valence-electron chi connectivity index (χ3n) is 1.98. The molecule has 4 nitrogen and oxygen atoms in total. The first-order chi connectivity index (χ1) is 7.85. The van der Waals surface area contributed by atoms with Crippen molar-refractivity contribution >= 4 is 40.9 Å². The number of nitrogens with zero attached hydrogens (tertiary/aromatic N) is 1. The number of carbonyl (C=O) groups excluding carboxylic acids is 1. The molecule has 17 heavy (non-hydrogen) atoms. The number of carbonyl (C=O) groups is 1. The van der Waals surface area contributed by atoms with E-state index in [0.717, 1.165) is 0 Å². The molecule has 7 heteroatoms. The van der Waals surface area contributed by atoms with Crippen molar-refractivity contribution in [2.45, 2.75) is 23.2 Å². The first-order valence-electron chi connectivity index (χ1n) is 4.90. The van der Waals surface area contributed by atoms with Crippen molar-refractivity contribution in [1.29, 1.82) is 0 Å². The number of ether oxygens (including phenoxy) is 1. The van der Waals surface area contributed by atoms with Gasteiger partial charge in [-0.1, -0.05) is 47.6 Å². The Balaban J connectivity index is 4.50. The third kappa shape index (κ3) is 6.85. The van der Waals surface area contributed by atoms with Crippen LogP contribution in [0.5, 0.6) is 0 Å². The van der Waals surface area contributed by atoms with E-state index >= 15 is 0 Å². The molecule has 0 fully saturated rings. The van der Waals surface area contributed by atoms with Crippen LogP contribution in [0.3, 0.4) is 0 Å². The van der Waals surface area contributed by atoms with Gasteiger partial charge < -0.3 is 9.84 Å². The van der Waals surface area contributed by atoms with Gasteiger partial charge in [-0.2, -0.15) is 0 Å². The smallest absolute Gasteiger partial charge is 0.411 e. The predicted octanol–water partition coefficient (Wildman–Crippen LogP) is 2.20. The van der Waals surface area contributed by atoms with Gasteiger partial charge in [0, 0.05) is 0 Å². The van der Waals surface area contributed by atoms with Gasteiger partial charge in [-0.25, -0.2) is 4.79 Å². The lowest BCUT2D eigenvalue weighted by atomic mass is 10.2. The van der Waals surface area contributed by atoms with Gasteiger partial charge in [0.2, 0.25) is 3.79 Å². The Hall–Kier alpha value is -0.340. The van der Waals surface area contributed by atoms with E-state index in [9.17, 15) is 4.79 Å². The summed E-state index contributed by atoms with van der Waals surface area (Å²) in [6.07, 6.45) is 4.97. The Bertz CT molecular complexity index is 282. The maximum atomic E-state index is 11.7. The molecule has 0 aliphatic rings. The van der Waals surface area contributed by atoms with Gasteiger partial charge in [-0.3, -0.25) is 4.90 Å². The lowest BCUT2D eigenvalue weighted by Gasteiger charge is -2.27. The normalized spacial score (nSPS) is 12.7. The third-order valence-corrected chi connectivity index (χ3v) is 2.31. The summed E-state index contributed by atoms with van der Waals surface area (Å²) in [5, 5.41) is 9.10. The zero-order valence-corrected chi connectivity index (χ0v) is 11.6. The van der Waals surface area contributed by atoms with Crippen LogP contribution in [0.4, 0.5) is 4.79 Å². The van der Waals surface area contributed by atoms with Crippen LogP contribution in [0, 0.1) is 12.3 Å². The summed E-state index contributed by atoms with van der Waals surface area (Å²) >= 11 is 16.4. The molecule has 0 aromatic carbocycles. The summed E-state index contributed by atoms with van der Waals surface area (Å²) in [5.74, 6) is 2.31. The van der Waals surface area contributed by atoms with E-state index in [0.29, 0.717) is 6.42 Å². The zero-order chi connectivity index (χ0) is 13.5. The second kappa shape index (κ2) is 7.88. The lowest BCUT2D eigenvalue weighted by molar-refractivity contribution is 0.0753. The molecule has 0 saturated heterocycles. The Morgan fingerprint density at radius 3 is 2.53 bits per heavy atom. The average Bonchev–Trinajstić information content (AvgIpc) is 2.25. The van der Waals surface area contributed by atoms with Crippen LogP contribution in [0.15, 0.2) is 0 Å². The molecule has 0 rings (SSSR count). The Morgan fingerprint density at radius 2 is 2.18 bits per heavy atom. The highest BCUT2D eigenvalue weighted by Crippen LogP contribution is 2.26. The van der Waals surface area contributed by atoms with Gasteiger partial charge in [0.05, 0.1) is 19.2 Å². The number of rotatable bonds is 5. The highest BCUT2D eigenvalue weighted by molar-refractivity contribution is 6.67. The van der Waals surface area contributed by atoms with Gasteiger partial charge in [-0.05, 0) is 6.42 Å². The number of terminal acetylenes is 1. The van der Waals surface area contributed by atoms with Crippen molar-refractivity contribution in [3.8, 4) is 12.3 Å². The van der Waals surface area contributed by atoms with Gasteiger partial charge in [-0.15, -0.1) is 6.42 Å². The van der Waals surface area contributed by atoms with E-state index in [4.69, 9.17) is 51.1 Å². The Kier molecular flexibility index (Phi) is 7.73. The minimum atomic E-state index is -1.67. The van der Waals surface area contributed by atoms with Crippen LogP contribution >= 0.6 is 34.8 Å². The fourth-order valence-corrected chi connectivity index (χ4v) is 1.28. The van der Waals surface area contributed by atoms with Gasteiger partial charge in [0.25, 0.3) is 0 Å². The van der Waals surface area contributed by atoms with Crippen molar-refractivity contribution in [1.82, 2.24) is 4.90 Å². The molecule has 0 aromatic heterocycles. The van der Waals surface area contributed by atoms with Crippen LogP contribution < -0.4 is 0 Å². The SMILES string of the molecule is C#CCN(C(=O)OCC(Cl)(Cl)Cl)[C@H](CC)CO. The number of alkyl halides is 3. The predicted molar refractivity (Wildman–Crippen MR) is 68.3 cm³/mol. The minimum absolute atomic E-state index is 0.0256. The average molecular weight is 303 g/mol. The summed E-state index contributed by atoms with van der Waals surface area (Å²) in [4.78, 5) is 12.9. The van der Waals surface area contributed by atoms with E-state index in [1.165, 1.54) is 4.90 Å². The van der Waals surface area contributed by atoms with E-state index in [-0.39, 0.29) is 19.8 Å². The quantitative estimate of drug-likeness (QED) is 0.626. The molecular weight excluding hydrogens is 288 g/mol. The molecule has 98 valence electrons. The molecule has 1 N–H and O–H groups in total. The summed E-state index contributed by atoms with van der Waals surface area (Å²) in [7, 11) is 0. The van der Waals surface area contributed by atoms with Crippen molar-refractivity contribution < 1.29 is 14.6 Å². The number of aliphatic hydroxyl groups is 1. The first kappa shape index (κ1) is 16.7. The number of amides is 1. The van der Waals surface area contributed by atoms with Crippen LogP contribution in [-0.2, 0) is 4.74 Å². The second-order valence-electron chi connectivity index (χ2n) is 3.25. The number of aliphatic hydroxyl groups excluding tert-OH is 1. The van der Waals surface area contributed by atoms with Gasteiger partial charge >= 0.3 is 6.09 Å². The maximum Gasteiger partial charge on any atom is 0.411 e. The van der Waals surface area contributed by atoms with E-state index in [1.807, 2.05) is 6.92 Å². The molecule has 1 atom stereocenters. The fourth-order valence-electron chi connectivity index (χ4n) is 1.12. The molecule has 0 bridgehead atoms. The Labute approximate surface area is 116 Å². The molecule has 0 radical (unpaired) electrons. The molecule has 0 aromatic rings. The summed E-state index contributed by atoms with van der Waals surface area (Å²) in [6.45, 7) is 1.25. The lowest BCUT2D eigenvalue weighted by Crippen LogP contribution is -2.43. The topological polar surface area (TPSA) is 49.8 Å². The maximum absolute atomic E-state index is 11.7. The second-order valence-corrected chi connectivity index (χ2v) is 5.76. The van der Waals surface area contributed by atoms with Gasteiger partial charge in [0.15, 0.2) is 0 Å². The molecule has 0 aliphatic heterocycles. The Morgan fingerprint density at radius 1 is 1.59 bits per heavy atom. The van der Waals surface area contributed by atoms with E-state index in [1.54, 1.807) is 0 Å². The summed E-state index contributed by atoms with van der Waals surface area (Å²) < 4.78 is 3.12. The molecule has 0 aliphatic carbocycles. The standard InChI is InChI=1S/C10H14Cl3NO3/c1-3-5-14(8(4-2)6-15)9(16)17-7-10(11,12)13/h1,8,15H,4-7H2,2H3/t8-/m1/s1. The van der Waals surface area contributed by atoms with Crippen LogP contribution in [0.1, 0.15) is 13.3 Å². The van der Waals surface area contributed by atoms with Crippen LogP contribution in [0.2, 0.25) is 0 Å². The van der Waals surface area contributed by atoms with E-state index < -0.39 is 15.9 Å². The van der Waals surface area contributed by atoms with Crippen molar-refractivity contribution in [2.24, 2.45) is 0 Å². The highest BCUT2D eigenvalue weighted by atomic mass is 35.6. The monoisotopic (exact) mass is 301 g/mol. The zero-order valence-electron chi connectivity index (χ0n) is 9.33.